The molecule has 0 spiro atoms. The third-order valence-corrected chi connectivity index (χ3v) is 2.41. The molecule has 1 aromatic rings. The first-order valence-corrected chi connectivity index (χ1v) is 4.80. The van der Waals surface area contributed by atoms with Crippen molar-refractivity contribution < 1.29 is 25.2 Å². The molecule has 0 saturated heterocycles. The Morgan fingerprint density at radius 3 is 2.56 bits per heavy atom. The highest BCUT2D eigenvalue weighted by Crippen LogP contribution is 2.27. The van der Waals surface area contributed by atoms with E-state index in [0.717, 1.165) is 0 Å². The predicted octanol–water partition coefficient (Wildman–Crippen LogP) is 0.570. The lowest BCUT2D eigenvalue weighted by atomic mass is 9.97. The predicted molar refractivity (Wildman–Crippen MR) is 56.1 cm³/mol. The number of aromatic hydroxyl groups is 1. The van der Waals surface area contributed by atoms with Gasteiger partial charge in [-0.15, -0.1) is 0 Å². The Hall–Kier alpha value is -1.59. The second kappa shape index (κ2) is 4.96. The van der Waals surface area contributed by atoms with Crippen LogP contribution in [0.25, 0.3) is 0 Å². The smallest absolute Gasteiger partial charge is 0.306 e. The second-order valence-electron chi connectivity index (χ2n) is 3.60. The number of hydrogen-bond donors (Lipinski definition) is 4. The molecule has 0 aliphatic heterocycles. The van der Waals surface area contributed by atoms with Gasteiger partial charge in [-0.2, -0.15) is 0 Å². The molecule has 0 radical (unpaired) electrons. The van der Waals surface area contributed by atoms with Crippen LogP contribution >= 0.6 is 0 Å². The van der Waals surface area contributed by atoms with Crippen LogP contribution in [0.4, 0.5) is 0 Å². The lowest BCUT2D eigenvalue weighted by molar-refractivity contribution is -0.141. The van der Waals surface area contributed by atoms with E-state index in [9.17, 15) is 20.1 Å². The van der Waals surface area contributed by atoms with E-state index in [1.807, 2.05) is 0 Å². The zero-order valence-corrected chi connectivity index (χ0v) is 8.79. The van der Waals surface area contributed by atoms with Gasteiger partial charge in [0, 0.05) is 0 Å². The quantitative estimate of drug-likeness (QED) is 0.601. The van der Waals surface area contributed by atoms with Crippen molar-refractivity contribution in [1.82, 2.24) is 0 Å². The third-order valence-electron chi connectivity index (χ3n) is 2.41. The summed E-state index contributed by atoms with van der Waals surface area (Å²) >= 11 is 0. The molecule has 0 bridgehead atoms. The third kappa shape index (κ3) is 2.71. The average Bonchev–Trinajstić information content (AvgIpc) is 2.20. The highest BCUT2D eigenvalue weighted by atomic mass is 16.4. The van der Waals surface area contributed by atoms with Crippen LogP contribution in [0.3, 0.4) is 0 Å². The van der Waals surface area contributed by atoms with E-state index in [1.54, 1.807) is 6.92 Å². The van der Waals surface area contributed by atoms with Gasteiger partial charge in [-0.1, -0.05) is 12.1 Å². The van der Waals surface area contributed by atoms with Gasteiger partial charge in [0.2, 0.25) is 0 Å². The van der Waals surface area contributed by atoms with Crippen molar-refractivity contribution >= 4 is 5.97 Å². The van der Waals surface area contributed by atoms with Crippen molar-refractivity contribution in [1.29, 1.82) is 0 Å². The highest BCUT2D eigenvalue weighted by molar-refractivity contribution is 5.67. The van der Waals surface area contributed by atoms with Gasteiger partial charge in [0.1, 0.15) is 11.9 Å². The van der Waals surface area contributed by atoms with Crippen LogP contribution in [0, 0.1) is 6.92 Å². The number of carboxylic acids is 1. The van der Waals surface area contributed by atoms with Gasteiger partial charge in [0.05, 0.1) is 12.5 Å². The molecule has 5 heteroatoms. The van der Waals surface area contributed by atoms with Crippen LogP contribution in [0.5, 0.6) is 5.75 Å². The molecular formula is C11H14O5. The minimum absolute atomic E-state index is 0.000856. The summed E-state index contributed by atoms with van der Waals surface area (Å²) in [6.45, 7) is 1.58. The molecule has 2 unspecified atom stereocenters. The fourth-order valence-electron chi connectivity index (χ4n) is 1.46. The molecule has 2 atom stereocenters. The van der Waals surface area contributed by atoms with Crippen molar-refractivity contribution in [2.75, 3.05) is 0 Å². The van der Waals surface area contributed by atoms with Crippen LogP contribution in [-0.4, -0.2) is 32.5 Å². The summed E-state index contributed by atoms with van der Waals surface area (Å²) in [7, 11) is 0. The second-order valence-corrected chi connectivity index (χ2v) is 3.60. The number of carboxylic acid groups (broad SMARTS) is 1. The van der Waals surface area contributed by atoms with E-state index >= 15 is 0 Å². The van der Waals surface area contributed by atoms with Crippen LogP contribution in [0.2, 0.25) is 0 Å². The number of aliphatic hydroxyl groups is 2. The minimum atomic E-state index is -1.39. The SMILES string of the molecule is Cc1c(O)cccc1C(O)C(O)CC(=O)O. The zero-order chi connectivity index (χ0) is 12.3. The summed E-state index contributed by atoms with van der Waals surface area (Å²) in [6.07, 6.45) is -3.25. The van der Waals surface area contributed by atoms with Gasteiger partial charge in [-0.05, 0) is 24.1 Å². The molecule has 1 aromatic carbocycles. The Morgan fingerprint density at radius 2 is 2.00 bits per heavy atom. The summed E-state index contributed by atoms with van der Waals surface area (Å²) < 4.78 is 0. The highest BCUT2D eigenvalue weighted by Gasteiger charge is 2.23. The fourth-order valence-corrected chi connectivity index (χ4v) is 1.46. The molecule has 0 aliphatic carbocycles. The molecule has 4 N–H and O–H groups in total. The molecule has 5 nitrogen and oxygen atoms in total. The molecule has 0 amide bonds. The molecule has 0 fully saturated rings. The Labute approximate surface area is 92.6 Å². The van der Waals surface area contributed by atoms with Crippen molar-refractivity contribution in [3.8, 4) is 5.75 Å². The summed E-state index contributed by atoms with van der Waals surface area (Å²) in [6, 6.07) is 4.51. The van der Waals surface area contributed by atoms with Gasteiger partial charge in [-0.25, -0.2) is 0 Å². The summed E-state index contributed by atoms with van der Waals surface area (Å²) in [4.78, 5) is 10.4. The number of carbonyl (C=O) groups is 1. The number of aliphatic carboxylic acids is 1. The van der Waals surface area contributed by atoms with E-state index < -0.39 is 24.6 Å². The van der Waals surface area contributed by atoms with Crippen molar-refractivity contribution in [3.05, 3.63) is 29.3 Å². The number of phenols is 1. The zero-order valence-electron chi connectivity index (χ0n) is 8.79. The molecule has 16 heavy (non-hydrogen) atoms. The van der Waals surface area contributed by atoms with Crippen LogP contribution < -0.4 is 0 Å². The topological polar surface area (TPSA) is 98.0 Å². The number of rotatable bonds is 4. The maximum atomic E-state index is 10.4. The number of phenolic OH excluding ortho intramolecular Hbond substituents is 1. The summed E-state index contributed by atoms with van der Waals surface area (Å²) in [5, 5.41) is 37.0. The first-order valence-electron chi connectivity index (χ1n) is 4.80. The minimum Gasteiger partial charge on any atom is -0.508 e. The Kier molecular flexibility index (Phi) is 3.87. The average molecular weight is 226 g/mol. The largest absolute Gasteiger partial charge is 0.508 e. The standard InChI is InChI=1S/C11H14O5/c1-6-7(3-2-4-8(6)12)11(16)9(13)5-10(14)15/h2-4,9,11-13,16H,5H2,1H3,(H,14,15). The lowest BCUT2D eigenvalue weighted by Crippen LogP contribution is -2.22. The Morgan fingerprint density at radius 1 is 1.38 bits per heavy atom. The molecule has 88 valence electrons. The van der Waals surface area contributed by atoms with E-state index in [4.69, 9.17) is 5.11 Å². The van der Waals surface area contributed by atoms with Crippen LogP contribution in [0.15, 0.2) is 18.2 Å². The van der Waals surface area contributed by atoms with Gasteiger partial charge >= 0.3 is 5.97 Å². The number of hydrogen-bond acceptors (Lipinski definition) is 4. The maximum Gasteiger partial charge on any atom is 0.306 e. The van der Waals surface area contributed by atoms with Crippen LogP contribution in [0.1, 0.15) is 23.7 Å². The Balaban J connectivity index is 2.91. The van der Waals surface area contributed by atoms with Crippen molar-refractivity contribution in [3.63, 3.8) is 0 Å². The van der Waals surface area contributed by atoms with Crippen molar-refractivity contribution in [2.45, 2.75) is 25.6 Å². The lowest BCUT2D eigenvalue weighted by Gasteiger charge is -2.18. The number of aliphatic hydroxyl groups excluding tert-OH is 2. The monoisotopic (exact) mass is 226 g/mol. The normalized spacial score (nSPS) is 14.4. The molecule has 0 aliphatic rings. The molecule has 0 heterocycles. The fraction of sp³-hybridized carbons (Fsp3) is 0.364. The van der Waals surface area contributed by atoms with Gasteiger partial charge in [-0.3, -0.25) is 4.79 Å². The summed E-state index contributed by atoms with van der Waals surface area (Å²) in [5.74, 6) is -1.19. The molecule has 0 aromatic heterocycles. The van der Waals surface area contributed by atoms with Gasteiger partial charge < -0.3 is 20.4 Å². The van der Waals surface area contributed by atoms with E-state index in [0.29, 0.717) is 11.1 Å². The van der Waals surface area contributed by atoms with Gasteiger partial charge in [0.25, 0.3) is 0 Å². The molecular weight excluding hydrogens is 212 g/mol. The maximum absolute atomic E-state index is 10.4. The molecule has 0 saturated carbocycles. The van der Waals surface area contributed by atoms with Crippen molar-refractivity contribution in [2.24, 2.45) is 0 Å². The first-order chi connectivity index (χ1) is 7.43. The molecule has 1 rings (SSSR count). The van der Waals surface area contributed by atoms with E-state index in [-0.39, 0.29) is 5.75 Å². The van der Waals surface area contributed by atoms with E-state index in [2.05, 4.69) is 0 Å². The first kappa shape index (κ1) is 12.5. The van der Waals surface area contributed by atoms with Gasteiger partial charge in [0.15, 0.2) is 0 Å². The van der Waals surface area contributed by atoms with E-state index in [1.165, 1.54) is 18.2 Å². The summed E-state index contributed by atoms with van der Waals surface area (Å²) in [5.41, 5.74) is 0.758. The number of benzene rings is 1. The van der Waals surface area contributed by atoms with Crippen LogP contribution in [-0.2, 0) is 4.79 Å². The Bertz CT molecular complexity index is 388.